The van der Waals surface area contributed by atoms with E-state index in [1.807, 2.05) is 70.3 Å². The molecule has 4 aromatic rings. The lowest BCUT2D eigenvalue weighted by atomic mass is 10.0. The van der Waals surface area contributed by atoms with E-state index in [2.05, 4.69) is 10.4 Å². The summed E-state index contributed by atoms with van der Waals surface area (Å²) in [7, 11) is 1.84. The Kier molecular flexibility index (Phi) is 4.47. The molecule has 0 radical (unpaired) electrons. The van der Waals surface area contributed by atoms with Crippen LogP contribution in [0.2, 0.25) is 0 Å². The van der Waals surface area contributed by atoms with Crippen molar-refractivity contribution in [2.75, 3.05) is 0 Å². The highest BCUT2D eigenvalue weighted by molar-refractivity contribution is 6.07. The third-order valence-corrected chi connectivity index (χ3v) is 4.87. The molecule has 1 amide bonds. The summed E-state index contributed by atoms with van der Waals surface area (Å²) in [6.07, 6.45) is 0. The summed E-state index contributed by atoms with van der Waals surface area (Å²) < 4.78 is 7.27. The lowest BCUT2D eigenvalue weighted by Gasteiger charge is -2.09. The van der Waals surface area contributed by atoms with Gasteiger partial charge in [0.15, 0.2) is 5.65 Å². The second-order valence-corrected chi connectivity index (χ2v) is 6.95. The fourth-order valence-electron chi connectivity index (χ4n) is 3.51. The van der Waals surface area contributed by atoms with Gasteiger partial charge in [0.05, 0.1) is 22.3 Å². The number of aryl methyl sites for hydroxylation is 4. The van der Waals surface area contributed by atoms with Crippen molar-refractivity contribution in [3.63, 3.8) is 0 Å². The molecule has 28 heavy (non-hydrogen) atoms. The van der Waals surface area contributed by atoms with Gasteiger partial charge in [-0.25, -0.2) is 4.98 Å². The van der Waals surface area contributed by atoms with Crippen LogP contribution in [-0.2, 0) is 13.6 Å². The summed E-state index contributed by atoms with van der Waals surface area (Å²) in [6.45, 7) is 6.10. The van der Waals surface area contributed by atoms with Crippen LogP contribution in [0.25, 0.3) is 22.3 Å². The normalized spacial score (nSPS) is 11.1. The lowest BCUT2D eigenvalue weighted by molar-refractivity contribution is 0.0952. The largest absolute Gasteiger partial charge is 0.466 e. The molecule has 1 aromatic carbocycles. The highest BCUT2D eigenvalue weighted by atomic mass is 16.3. The third kappa shape index (κ3) is 3.17. The average Bonchev–Trinajstić information content (AvgIpc) is 3.17. The third-order valence-electron chi connectivity index (χ3n) is 4.87. The maximum atomic E-state index is 13.1. The zero-order chi connectivity index (χ0) is 19.8. The minimum Gasteiger partial charge on any atom is -0.466 e. The van der Waals surface area contributed by atoms with Gasteiger partial charge >= 0.3 is 0 Å². The minimum atomic E-state index is -0.154. The number of hydrogen-bond donors (Lipinski definition) is 1. The lowest BCUT2D eigenvalue weighted by Crippen LogP contribution is -2.23. The van der Waals surface area contributed by atoms with Crippen LogP contribution in [0.3, 0.4) is 0 Å². The second-order valence-electron chi connectivity index (χ2n) is 6.95. The second kappa shape index (κ2) is 6.96. The van der Waals surface area contributed by atoms with E-state index < -0.39 is 0 Å². The van der Waals surface area contributed by atoms with E-state index in [9.17, 15) is 4.79 Å². The predicted octanol–water partition coefficient (Wildman–Crippen LogP) is 4.08. The Morgan fingerprint density at radius 2 is 1.89 bits per heavy atom. The monoisotopic (exact) mass is 374 g/mol. The number of rotatable bonds is 4. The van der Waals surface area contributed by atoms with Crippen molar-refractivity contribution in [3.05, 3.63) is 70.8 Å². The van der Waals surface area contributed by atoms with E-state index in [0.29, 0.717) is 17.8 Å². The molecule has 1 N–H and O–H groups in total. The number of hydrogen-bond acceptors (Lipinski definition) is 4. The Balaban J connectivity index is 1.76. The van der Waals surface area contributed by atoms with E-state index in [1.54, 1.807) is 4.68 Å². The number of benzene rings is 1. The summed E-state index contributed by atoms with van der Waals surface area (Å²) in [5.41, 5.74) is 4.73. The van der Waals surface area contributed by atoms with Crippen molar-refractivity contribution in [3.8, 4) is 11.3 Å². The van der Waals surface area contributed by atoms with Crippen molar-refractivity contribution >= 4 is 16.9 Å². The Labute approximate surface area is 163 Å². The first-order valence-electron chi connectivity index (χ1n) is 9.18. The molecule has 0 aliphatic rings. The van der Waals surface area contributed by atoms with E-state index >= 15 is 0 Å². The van der Waals surface area contributed by atoms with Crippen LogP contribution in [0.15, 0.2) is 46.9 Å². The maximum Gasteiger partial charge on any atom is 0.252 e. The number of nitrogens with zero attached hydrogens (tertiary/aromatic N) is 3. The number of aromatic nitrogens is 3. The highest BCUT2D eigenvalue weighted by Gasteiger charge is 2.19. The standard InChI is InChI=1S/C22H22N4O2/c1-13-10-17(15(3)28-13)12-23-22(27)18-11-19(16-8-6-5-7-9-16)24-21-20(18)14(2)25-26(21)4/h5-11H,12H2,1-4H3,(H,23,27). The Bertz CT molecular complexity index is 1170. The van der Waals surface area contributed by atoms with Crippen molar-refractivity contribution in [2.24, 2.45) is 7.05 Å². The Morgan fingerprint density at radius 1 is 1.14 bits per heavy atom. The smallest absolute Gasteiger partial charge is 0.252 e. The Hall–Kier alpha value is -3.41. The average molecular weight is 374 g/mol. The van der Waals surface area contributed by atoms with Gasteiger partial charge in [-0.3, -0.25) is 9.48 Å². The quantitative estimate of drug-likeness (QED) is 0.584. The fraction of sp³-hybridized carbons (Fsp3) is 0.227. The zero-order valence-corrected chi connectivity index (χ0v) is 16.4. The molecule has 4 rings (SSSR count). The van der Waals surface area contributed by atoms with Gasteiger partial charge in [0.2, 0.25) is 0 Å². The molecular weight excluding hydrogens is 352 g/mol. The molecule has 0 saturated heterocycles. The molecule has 0 spiro atoms. The van der Waals surface area contributed by atoms with Gasteiger partial charge in [0.1, 0.15) is 11.5 Å². The van der Waals surface area contributed by atoms with Gasteiger partial charge in [0.25, 0.3) is 5.91 Å². The van der Waals surface area contributed by atoms with Crippen LogP contribution in [0, 0.1) is 20.8 Å². The van der Waals surface area contributed by atoms with E-state index in [1.165, 1.54) is 0 Å². The van der Waals surface area contributed by atoms with Crippen LogP contribution in [0.5, 0.6) is 0 Å². The molecule has 3 aromatic heterocycles. The summed E-state index contributed by atoms with van der Waals surface area (Å²) in [6, 6.07) is 13.6. The van der Waals surface area contributed by atoms with Crippen molar-refractivity contribution in [1.82, 2.24) is 20.1 Å². The molecule has 0 atom stereocenters. The van der Waals surface area contributed by atoms with E-state index in [-0.39, 0.29) is 5.91 Å². The van der Waals surface area contributed by atoms with Crippen LogP contribution >= 0.6 is 0 Å². The first-order chi connectivity index (χ1) is 13.4. The molecule has 0 aliphatic carbocycles. The molecule has 0 saturated carbocycles. The molecule has 142 valence electrons. The van der Waals surface area contributed by atoms with E-state index in [4.69, 9.17) is 9.40 Å². The fourth-order valence-corrected chi connectivity index (χ4v) is 3.51. The molecule has 6 nitrogen and oxygen atoms in total. The summed E-state index contributed by atoms with van der Waals surface area (Å²) in [5.74, 6) is 1.50. The van der Waals surface area contributed by atoms with Crippen molar-refractivity contribution < 1.29 is 9.21 Å². The molecule has 3 heterocycles. The SMILES string of the molecule is Cc1cc(CNC(=O)c2cc(-c3ccccc3)nc3c2c(C)nn3C)c(C)o1. The molecule has 0 unspecified atom stereocenters. The first kappa shape index (κ1) is 18.0. The first-order valence-corrected chi connectivity index (χ1v) is 9.18. The van der Waals surface area contributed by atoms with Gasteiger partial charge in [-0.1, -0.05) is 30.3 Å². The number of amides is 1. The van der Waals surface area contributed by atoms with Gasteiger partial charge in [0, 0.05) is 24.7 Å². The van der Waals surface area contributed by atoms with Crippen LogP contribution in [0.1, 0.15) is 33.1 Å². The minimum absolute atomic E-state index is 0.154. The molecular formula is C22H22N4O2. The van der Waals surface area contributed by atoms with Crippen molar-refractivity contribution in [1.29, 1.82) is 0 Å². The van der Waals surface area contributed by atoms with Crippen molar-refractivity contribution in [2.45, 2.75) is 27.3 Å². The number of pyridine rings is 1. The molecule has 0 aliphatic heterocycles. The number of nitrogens with one attached hydrogen (secondary N) is 1. The van der Waals surface area contributed by atoms with Gasteiger partial charge in [-0.15, -0.1) is 0 Å². The van der Waals surface area contributed by atoms with Crippen LogP contribution < -0.4 is 5.32 Å². The van der Waals surface area contributed by atoms with Gasteiger partial charge < -0.3 is 9.73 Å². The summed E-state index contributed by atoms with van der Waals surface area (Å²) >= 11 is 0. The summed E-state index contributed by atoms with van der Waals surface area (Å²) in [5, 5.41) is 8.25. The number of fused-ring (bicyclic) bond motifs is 1. The van der Waals surface area contributed by atoms with Crippen LogP contribution in [0.4, 0.5) is 0 Å². The zero-order valence-electron chi connectivity index (χ0n) is 16.4. The number of carbonyl (C=O) groups is 1. The topological polar surface area (TPSA) is 73.0 Å². The van der Waals surface area contributed by atoms with Crippen LogP contribution in [-0.4, -0.2) is 20.7 Å². The summed E-state index contributed by atoms with van der Waals surface area (Å²) in [4.78, 5) is 17.8. The van der Waals surface area contributed by atoms with Gasteiger partial charge in [-0.2, -0.15) is 5.10 Å². The molecule has 0 fully saturated rings. The van der Waals surface area contributed by atoms with Gasteiger partial charge in [-0.05, 0) is 32.9 Å². The number of carbonyl (C=O) groups excluding carboxylic acids is 1. The highest BCUT2D eigenvalue weighted by Crippen LogP contribution is 2.27. The number of furan rings is 1. The molecule has 0 bridgehead atoms. The Morgan fingerprint density at radius 3 is 2.57 bits per heavy atom. The maximum absolute atomic E-state index is 13.1. The van der Waals surface area contributed by atoms with E-state index in [0.717, 1.165) is 39.4 Å². The molecule has 6 heteroatoms. The predicted molar refractivity (Wildman–Crippen MR) is 108 cm³/mol.